The van der Waals surface area contributed by atoms with Crippen molar-refractivity contribution in [2.45, 2.75) is 43.5 Å². The zero-order valence-electron chi connectivity index (χ0n) is 24.3. The minimum Gasteiger partial charge on any atom is -0.480 e. The topological polar surface area (TPSA) is 154 Å². The number of carbonyl (C=O) groups excluding carboxylic acids is 1. The van der Waals surface area contributed by atoms with E-state index in [1.165, 1.54) is 30.2 Å². The zero-order valence-corrected chi connectivity index (χ0v) is 25.2. The molecule has 0 radical (unpaired) electrons. The molecular weight excluding hydrogens is 586 g/mol. The van der Waals surface area contributed by atoms with E-state index in [2.05, 4.69) is 20.6 Å². The molecule has 0 spiro atoms. The first kappa shape index (κ1) is 33.0. The highest BCUT2D eigenvalue weighted by Gasteiger charge is 2.27. The van der Waals surface area contributed by atoms with Crippen LogP contribution < -0.4 is 20.3 Å². The van der Waals surface area contributed by atoms with Crippen molar-refractivity contribution in [3.63, 3.8) is 0 Å². The van der Waals surface area contributed by atoms with Gasteiger partial charge < -0.3 is 30.3 Å². The number of ether oxygens (including phenoxy) is 1. The quantitative estimate of drug-likeness (QED) is 0.254. The van der Waals surface area contributed by atoms with E-state index >= 15 is 0 Å². The van der Waals surface area contributed by atoms with Gasteiger partial charge in [-0.3, -0.25) is 0 Å². The van der Waals surface area contributed by atoms with E-state index in [9.17, 15) is 31.9 Å². The van der Waals surface area contributed by atoms with Gasteiger partial charge in [-0.1, -0.05) is 12.1 Å². The molecule has 2 atom stereocenters. The van der Waals surface area contributed by atoms with Crippen molar-refractivity contribution >= 4 is 39.4 Å². The van der Waals surface area contributed by atoms with Gasteiger partial charge in [0.2, 0.25) is 5.95 Å². The normalized spacial score (nSPS) is 12.6. The second-order valence-corrected chi connectivity index (χ2v) is 12.0. The number of benzene rings is 2. The molecule has 0 aliphatic rings. The lowest BCUT2D eigenvalue weighted by molar-refractivity contribution is -0.137. The van der Waals surface area contributed by atoms with Crippen LogP contribution in [0.15, 0.2) is 53.6 Å². The SMILES string of the molecule is CCN(CC)c1ncc(NC(C)S(=O)(=O)c2cc(F)cc(F)c2)c(NC(Cc2ccc(OC(=O)N(C)C)cc2)C(=O)O)n1. The van der Waals surface area contributed by atoms with Crippen molar-refractivity contribution in [3.8, 4) is 5.75 Å². The fourth-order valence-corrected chi connectivity index (χ4v) is 5.17. The summed E-state index contributed by atoms with van der Waals surface area (Å²) in [5.74, 6) is -2.75. The van der Waals surface area contributed by atoms with Gasteiger partial charge in [-0.2, -0.15) is 4.98 Å². The first-order valence-electron chi connectivity index (χ1n) is 13.3. The number of carbonyl (C=O) groups is 2. The Kier molecular flexibility index (Phi) is 10.8. The summed E-state index contributed by atoms with van der Waals surface area (Å²) < 4.78 is 59.0. The van der Waals surface area contributed by atoms with E-state index in [4.69, 9.17) is 4.74 Å². The number of rotatable bonds is 13. The summed E-state index contributed by atoms with van der Waals surface area (Å²) >= 11 is 0. The summed E-state index contributed by atoms with van der Waals surface area (Å²) in [6.07, 6.45) is 0.732. The molecule has 2 aromatic carbocycles. The molecule has 0 saturated carbocycles. The zero-order chi connectivity index (χ0) is 31.9. The highest BCUT2D eigenvalue weighted by molar-refractivity contribution is 7.92. The maximum atomic E-state index is 13.8. The number of carboxylic acid groups (broad SMARTS) is 1. The largest absolute Gasteiger partial charge is 0.480 e. The van der Waals surface area contributed by atoms with Crippen LogP contribution in [0.5, 0.6) is 5.75 Å². The van der Waals surface area contributed by atoms with Gasteiger partial charge in [-0.15, -0.1) is 0 Å². The number of amides is 1. The molecular formula is C28H34F2N6O6S. The summed E-state index contributed by atoms with van der Waals surface area (Å²) in [6, 6.07) is 7.06. The van der Waals surface area contributed by atoms with Crippen LogP contribution >= 0.6 is 0 Å². The smallest absolute Gasteiger partial charge is 0.414 e. The molecule has 0 fully saturated rings. The standard InChI is InChI=1S/C28H34F2N6O6S/c1-6-36(7-2)27-31-16-24(32-17(3)43(40,41)22-14-19(29)13-20(30)15-22)25(34-27)33-23(26(37)38)12-18-8-10-21(11-9-18)42-28(39)35(4)5/h8-11,13-17,23,32H,6-7,12H2,1-5H3,(H,37,38)(H,31,33,34). The third-order valence-electron chi connectivity index (χ3n) is 6.35. The number of nitrogens with zero attached hydrogens (tertiary/aromatic N) is 4. The van der Waals surface area contributed by atoms with E-state index in [1.54, 1.807) is 26.2 Å². The molecule has 2 unspecified atom stereocenters. The molecule has 43 heavy (non-hydrogen) atoms. The summed E-state index contributed by atoms with van der Waals surface area (Å²) in [6.45, 7) is 6.15. The van der Waals surface area contributed by atoms with Gasteiger partial charge in [0.25, 0.3) is 0 Å². The van der Waals surface area contributed by atoms with Gasteiger partial charge in [0, 0.05) is 39.7 Å². The number of halogens is 2. The minimum absolute atomic E-state index is 0.00769. The molecule has 3 aromatic rings. The van der Waals surface area contributed by atoms with Crippen LogP contribution in [0.4, 0.5) is 31.0 Å². The van der Waals surface area contributed by atoms with Crippen molar-refractivity contribution in [3.05, 3.63) is 65.9 Å². The summed E-state index contributed by atoms with van der Waals surface area (Å²) in [7, 11) is -1.20. The molecule has 3 rings (SSSR count). The highest BCUT2D eigenvalue weighted by Crippen LogP contribution is 2.27. The van der Waals surface area contributed by atoms with Crippen LogP contribution in [-0.4, -0.2) is 79.1 Å². The number of nitrogens with one attached hydrogen (secondary N) is 2. The maximum absolute atomic E-state index is 13.8. The number of anilines is 3. The number of hydrogen-bond donors (Lipinski definition) is 3. The Morgan fingerprint density at radius 3 is 2.16 bits per heavy atom. The molecule has 232 valence electrons. The lowest BCUT2D eigenvalue weighted by atomic mass is 10.1. The lowest BCUT2D eigenvalue weighted by Gasteiger charge is -2.24. The second-order valence-electron chi connectivity index (χ2n) is 9.69. The summed E-state index contributed by atoms with van der Waals surface area (Å²) in [5.41, 5.74) is 0.655. The fraction of sp³-hybridized carbons (Fsp3) is 0.357. The van der Waals surface area contributed by atoms with E-state index in [-0.39, 0.29) is 29.6 Å². The van der Waals surface area contributed by atoms with Crippen molar-refractivity contribution in [1.82, 2.24) is 14.9 Å². The molecule has 0 bridgehead atoms. The molecule has 0 saturated heterocycles. The van der Waals surface area contributed by atoms with E-state index in [1.807, 2.05) is 18.7 Å². The Labute approximate surface area is 248 Å². The number of sulfone groups is 1. The van der Waals surface area contributed by atoms with E-state index < -0.39 is 49.8 Å². The average molecular weight is 621 g/mol. The molecule has 15 heteroatoms. The molecule has 1 heterocycles. The molecule has 12 nitrogen and oxygen atoms in total. The number of hydrogen-bond acceptors (Lipinski definition) is 10. The number of aromatic nitrogens is 2. The monoisotopic (exact) mass is 620 g/mol. The van der Waals surface area contributed by atoms with Crippen LogP contribution in [0.2, 0.25) is 0 Å². The second kappa shape index (κ2) is 14.1. The van der Waals surface area contributed by atoms with Gasteiger partial charge in [-0.05, 0) is 50.6 Å². The maximum Gasteiger partial charge on any atom is 0.414 e. The Morgan fingerprint density at radius 1 is 1.02 bits per heavy atom. The van der Waals surface area contributed by atoms with E-state index in [0.717, 1.165) is 0 Å². The van der Waals surface area contributed by atoms with Crippen LogP contribution in [0.25, 0.3) is 0 Å². The van der Waals surface area contributed by atoms with E-state index in [0.29, 0.717) is 36.9 Å². The molecule has 3 N–H and O–H groups in total. The summed E-state index contributed by atoms with van der Waals surface area (Å²) in [4.78, 5) is 35.4. The third-order valence-corrected chi connectivity index (χ3v) is 8.30. The average Bonchev–Trinajstić information content (AvgIpc) is 2.94. The highest BCUT2D eigenvalue weighted by atomic mass is 32.2. The van der Waals surface area contributed by atoms with Crippen LogP contribution in [0.1, 0.15) is 26.3 Å². The number of carboxylic acids is 1. The van der Waals surface area contributed by atoms with Crippen LogP contribution in [-0.2, 0) is 21.1 Å². The van der Waals surface area contributed by atoms with Crippen molar-refractivity contribution in [2.75, 3.05) is 42.7 Å². The van der Waals surface area contributed by atoms with Gasteiger partial charge in [-0.25, -0.2) is 31.8 Å². The lowest BCUT2D eigenvalue weighted by Crippen LogP contribution is -2.34. The molecule has 0 aliphatic heterocycles. The predicted molar refractivity (Wildman–Crippen MR) is 157 cm³/mol. The first-order valence-corrected chi connectivity index (χ1v) is 14.9. The minimum atomic E-state index is -4.29. The Morgan fingerprint density at radius 2 is 1.63 bits per heavy atom. The van der Waals surface area contributed by atoms with Crippen molar-refractivity contribution in [1.29, 1.82) is 0 Å². The van der Waals surface area contributed by atoms with Crippen molar-refractivity contribution in [2.24, 2.45) is 0 Å². The summed E-state index contributed by atoms with van der Waals surface area (Å²) in [5, 5.41) is 14.2. The predicted octanol–water partition coefficient (Wildman–Crippen LogP) is 4.00. The Bertz CT molecular complexity index is 1530. The van der Waals surface area contributed by atoms with Gasteiger partial charge in [0.05, 0.1) is 16.8 Å². The third kappa shape index (κ3) is 8.50. The van der Waals surface area contributed by atoms with Crippen LogP contribution in [0.3, 0.4) is 0 Å². The first-order chi connectivity index (χ1) is 20.2. The van der Waals surface area contributed by atoms with Gasteiger partial charge in [0.15, 0.2) is 15.7 Å². The van der Waals surface area contributed by atoms with Crippen LogP contribution in [0, 0.1) is 11.6 Å². The van der Waals surface area contributed by atoms with Gasteiger partial charge in [0.1, 0.15) is 28.8 Å². The Balaban J connectivity index is 1.92. The number of aliphatic carboxylic acids is 1. The Hall–Kier alpha value is -4.53. The molecule has 0 aliphatic carbocycles. The van der Waals surface area contributed by atoms with Crippen molar-refractivity contribution < 1.29 is 36.6 Å². The fourth-order valence-electron chi connectivity index (χ4n) is 3.93. The molecule has 1 amide bonds. The van der Waals surface area contributed by atoms with Gasteiger partial charge >= 0.3 is 12.1 Å². The molecule has 1 aromatic heterocycles.